The number of hydrogen-bond acceptors (Lipinski definition) is 6. The number of hydrogen-bond donors (Lipinski definition) is 4. The Bertz CT molecular complexity index is 4530. The van der Waals surface area contributed by atoms with Crippen molar-refractivity contribution in [2.24, 2.45) is 5.92 Å². The Labute approximate surface area is 565 Å². The highest BCUT2D eigenvalue weighted by atomic mass is 16.4. The van der Waals surface area contributed by atoms with E-state index in [1.165, 1.54) is 121 Å². The van der Waals surface area contributed by atoms with Crippen LogP contribution in [0, 0.1) is 28.6 Å². The normalized spacial score (nSPS) is 14.6. The van der Waals surface area contributed by atoms with Crippen LogP contribution in [0.3, 0.4) is 0 Å². The third-order valence-electron chi connectivity index (χ3n) is 20.8. The van der Waals surface area contributed by atoms with E-state index < -0.39 is 54.3 Å². The SMILES string of the molecule is CCCCCCc1ccc2c(c1)c1cc(CCCCCC)ccc1n2CCCNC(=O)CC1C(CC(=O)O)=c2c(CC(=O)O)ccc3c2c(c2cccc4ccc(C#N)c3c42)C1(C#N)CC(=O)NCCCn1c2ccc(CCCCCC)cc2c2cc(CCCCCC)ccc21. The molecule has 12 heteroatoms. The molecule has 12 nitrogen and oxygen atoms in total. The Morgan fingerprint density at radius 1 is 0.479 bits per heavy atom. The van der Waals surface area contributed by atoms with Crippen LogP contribution in [-0.4, -0.2) is 56.2 Å². The Hall–Kier alpha value is -9.00. The van der Waals surface area contributed by atoms with Gasteiger partial charge in [0.2, 0.25) is 11.8 Å². The monoisotopic (exact) mass is 1280 g/mol. The van der Waals surface area contributed by atoms with Gasteiger partial charge in [0.05, 0.1) is 36.0 Å². The molecule has 2 aromatic heterocycles. The zero-order valence-corrected chi connectivity index (χ0v) is 57.1. The number of rotatable bonds is 36. The van der Waals surface area contributed by atoms with E-state index in [1.54, 1.807) is 18.2 Å². The lowest BCUT2D eigenvalue weighted by atomic mass is 9.58. The van der Waals surface area contributed by atoms with Gasteiger partial charge in [-0.2, -0.15) is 10.5 Å². The van der Waals surface area contributed by atoms with E-state index in [0.717, 1.165) is 78.8 Å². The predicted octanol–water partition coefficient (Wildman–Crippen LogP) is 18.3. The molecular weight excluding hydrogens is 1190 g/mol. The largest absolute Gasteiger partial charge is 0.481 e. The fourth-order valence-electron chi connectivity index (χ4n) is 16.1. The molecular formula is C84H96N6O6. The first-order valence-corrected chi connectivity index (χ1v) is 36.2. The summed E-state index contributed by atoms with van der Waals surface area (Å²) in [6.07, 6.45) is 22.4. The van der Waals surface area contributed by atoms with E-state index in [4.69, 9.17) is 0 Å². The molecule has 10 aromatic rings. The molecule has 0 aliphatic heterocycles. The van der Waals surface area contributed by atoms with Crippen molar-refractivity contribution in [3.8, 4) is 12.1 Å². The number of nitrogens with zero attached hydrogens (tertiary/aromatic N) is 4. The number of fused-ring (bicyclic) bond motifs is 8. The van der Waals surface area contributed by atoms with E-state index in [9.17, 15) is 30.3 Å². The van der Waals surface area contributed by atoms with Gasteiger partial charge in [-0.05, 0) is 190 Å². The second-order valence-corrected chi connectivity index (χ2v) is 27.4. The zero-order chi connectivity index (χ0) is 67.3. The van der Waals surface area contributed by atoms with E-state index in [0.29, 0.717) is 74.8 Å². The van der Waals surface area contributed by atoms with Crippen molar-refractivity contribution in [3.05, 3.63) is 159 Å². The van der Waals surface area contributed by atoms with Crippen LogP contribution >= 0.6 is 0 Å². The number of unbranched alkanes of at least 4 members (excludes halogenated alkanes) is 12. The van der Waals surface area contributed by atoms with Crippen LogP contribution < -0.4 is 15.9 Å². The molecule has 2 amide bonds. The van der Waals surface area contributed by atoms with Crippen LogP contribution in [0.1, 0.15) is 201 Å². The fourth-order valence-corrected chi connectivity index (χ4v) is 16.1. The summed E-state index contributed by atoms with van der Waals surface area (Å²) >= 11 is 0. The van der Waals surface area contributed by atoms with Gasteiger partial charge in [-0.25, -0.2) is 0 Å². The van der Waals surface area contributed by atoms with Crippen molar-refractivity contribution in [1.29, 1.82) is 10.5 Å². The number of carbonyl (C=O) groups is 4. The fraction of sp³-hybridized carbons (Fsp3) is 0.429. The van der Waals surface area contributed by atoms with Crippen molar-refractivity contribution in [1.82, 2.24) is 19.8 Å². The lowest BCUT2D eigenvalue weighted by Gasteiger charge is -2.41. The van der Waals surface area contributed by atoms with Crippen LogP contribution in [0.2, 0.25) is 0 Å². The van der Waals surface area contributed by atoms with Gasteiger partial charge in [-0.15, -0.1) is 0 Å². The second-order valence-electron chi connectivity index (χ2n) is 27.4. The van der Waals surface area contributed by atoms with Gasteiger partial charge in [0.25, 0.3) is 0 Å². The van der Waals surface area contributed by atoms with E-state index >= 15 is 9.59 Å². The highest BCUT2D eigenvalue weighted by Gasteiger charge is 2.51. The Kier molecular flexibility index (Phi) is 22.6. The molecule has 498 valence electrons. The first kappa shape index (κ1) is 68.4. The molecule has 0 saturated heterocycles. The summed E-state index contributed by atoms with van der Waals surface area (Å²) in [6.45, 7) is 10.7. The van der Waals surface area contributed by atoms with Gasteiger partial charge >= 0.3 is 11.9 Å². The van der Waals surface area contributed by atoms with Crippen LogP contribution in [-0.2, 0) is 69.8 Å². The quantitative estimate of drug-likeness (QED) is 0.0169. The van der Waals surface area contributed by atoms with Crippen LogP contribution in [0.5, 0.6) is 0 Å². The topological polar surface area (TPSA) is 190 Å². The number of carboxylic acid groups (broad SMARTS) is 2. The summed E-state index contributed by atoms with van der Waals surface area (Å²) in [5, 5.41) is 59.9. The first-order chi connectivity index (χ1) is 46.8. The minimum atomic E-state index is -1.87. The first-order valence-electron chi connectivity index (χ1n) is 36.2. The summed E-state index contributed by atoms with van der Waals surface area (Å²) < 4.78 is 4.71. The highest BCUT2D eigenvalue weighted by Crippen LogP contribution is 2.53. The van der Waals surface area contributed by atoms with Gasteiger partial charge in [0, 0.05) is 93.9 Å². The number of aromatic nitrogens is 2. The van der Waals surface area contributed by atoms with Crippen molar-refractivity contribution < 1.29 is 29.4 Å². The minimum Gasteiger partial charge on any atom is -0.481 e. The average Bonchev–Trinajstić information content (AvgIpc) is 0.889. The Morgan fingerprint density at radius 3 is 1.39 bits per heavy atom. The second kappa shape index (κ2) is 31.7. The van der Waals surface area contributed by atoms with Gasteiger partial charge < -0.3 is 30.0 Å². The maximum atomic E-state index is 15.3. The summed E-state index contributed by atoms with van der Waals surface area (Å²) in [5.74, 6) is -4.46. The molecule has 0 fully saturated rings. The number of aliphatic carboxylic acids is 2. The van der Waals surface area contributed by atoms with Crippen molar-refractivity contribution in [2.45, 2.75) is 213 Å². The van der Waals surface area contributed by atoms with Crippen molar-refractivity contribution in [3.63, 3.8) is 0 Å². The van der Waals surface area contributed by atoms with Gasteiger partial charge in [-0.1, -0.05) is 165 Å². The summed E-state index contributed by atoms with van der Waals surface area (Å²) in [4.78, 5) is 56.8. The summed E-state index contributed by atoms with van der Waals surface area (Å²) in [5.41, 5.74) is 9.31. The predicted molar refractivity (Wildman–Crippen MR) is 391 cm³/mol. The van der Waals surface area contributed by atoms with Crippen LogP contribution in [0.15, 0.2) is 115 Å². The number of benzene rings is 8. The molecule has 0 radical (unpaired) electrons. The smallest absolute Gasteiger partial charge is 0.307 e. The molecule has 0 spiro atoms. The van der Waals surface area contributed by atoms with E-state index in [1.807, 2.05) is 24.3 Å². The molecule has 2 unspecified atom stereocenters. The maximum Gasteiger partial charge on any atom is 0.307 e. The van der Waals surface area contributed by atoms with Crippen LogP contribution in [0.4, 0.5) is 0 Å². The molecule has 0 saturated carbocycles. The Morgan fingerprint density at radius 2 is 0.948 bits per heavy atom. The number of nitrogens with one attached hydrogen (secondary N) is 2. The molecule has 1 aliphatic carbocycles. The lowest BCUT2D eigenvalue weighted by Crippen LogP contribution is -2.47. The molecule has 2 heterocycles. The molecule has 4 N–H and O–H groups in total. The van der Waals surface area contributed by atoms with E-state index in [-0.39, 0.29) is 25.1 Å². The third kappa shape index (κ3) is 14.6. The Balaban J connectivity index is 0.927. The van der Waals surface area contributed by atoms with E-state index in [2.05, 4.69) is 132 Å². The number of carboxylic acids is 2. The molecule has 2 atom stereocenters. The summed E-state index contributed by atoms with van der Waals surface area (Å²) in [6, 6.07) is 45.3. The van der Waals surface area contributed by atoms with Crippen LogP contribution in [0.25, 0.3) is 81.5 Å². The third-order valence-corrected chi connectivity index (χ3v) is 20.8. The number of nitriles is 2. The standard InChI is InChI=1S/C84H96N6O6/c1-5-9-13-17-24-56-30-38-71-65(46-56)66-47-57(25-18-14-10-6-2)31-39-72(66)89(71)44-22-42-87-75(91)52-70-69(51-78(95)96)80-61(50-77(93)94)36-37-63-81-62(54-85)35-34-60-28-21-29-64(79(60)81)83(82(63)80)84(70,55-86)53-76(92)88-43-23-45-90-73-40-32-58(26-19-15-11-7-3)48-67(73)68-49-59(33-41-74(68)90)27-20-16-12-8-4/h21,28-41,46-49,70H,5-20,22-27,42-45,50-53H2,1-4H3,(H,87,91)(H,88,92)(H,93,94)(H,95,96). The van der Waals surface area contributed by atoms with Gasteiger partial charge in [0.15, 0.2) is 0 Å². The maximum absolute atomic E-state index is 15.3. The molecule has 1 aliphatic rings. The number of carbonyl (C=O) groups excluding carboxylic acids is 2. The number of amides is 2. The average molecular weight is 1290 g/mol. The van der Waals surface area contributed by atoms with Gasteiger partial charge in [0.1, 0.15) is 0 Å². The number of aryl methyl sites for hydroxylation is 6. The molecule has 96 heavy (non-hydrogen) atoms. The van der Waals surface area contributed by atoms with Gasteiger partial charge in [-0.3, -0.25) is 19.2 Å². The van der Waals surface area contributed by atoms with Crippen molar-refractivity contribution in [2.75, 3.05) is 13.1 Å². The van der Waals surface area contributed by atoms with Crippen molar-refractivity contribution >= 4 is 105 Å². The highest BCUT2D eigenvalue weighted by molar-refractivity contribution is 6.26. The lowest BCUT2D eigenvalue weighted by molar-refractivity contribution is -0.137. The molecule has 0 bridgehead atoms. The molecule has 11 rings (SSSR count). The minimum absolute atomic E-state index is 0.202. The zero-order valence-electron chi connectivity index (χ0n) is 57.1. The molecule has 8 aromatic carbocycles. The summed E-state index contributed by atoms with van der Waals surface area (Å²) in [7, 11) is 0.